The van der Waals surface area contributed by atoms with E-state index in [-0.39, 0.29) is 0 Å². The van der Waals surface area contributed by atoms with Crippen LogP contribution in [0.1, 0.15) is 17.8 Å². The number of pyridine rings is 1. The molecule has 0 spiro atoms. The molecule has 0 bridgehead atoms. The van der Waals surface area contributed by atoms with Crippen molar-refractivity contribution in [2.75, 3.05) is 6.61 Å². The maximum atomic E-state index is 6.07. The van der Waals surface area contributed by atoms with Crippen molar-refractivity contribution in [2.24, 2.45) is 0 Å². The second-order valence-corrected chi connectivity index (χ2v) is 7.37. The van der Waals surface area contributed by atoms with Gasteiger partial charge in [0.2, 0.25) is 0 Å². The van der Waals surface area contributed by atoms with Crippen LogP contribution < -0.4 is 4.74 Å². The molecule has 0 atom stereocenters. The smallest absolute Gasteiger partial charge is 0.145 e. The van der Waals surface area contributed by atoms with E-state index in [9.17, 15) is 0 Å². The van der Waals surface area contributed by atoms with Crippen molar-refractivity contribution < 1.29 is 4.74 Å². The summed E-state index contributed by atoms with van der Waals surface area (Å²) in [5, 5.41) is 1.10. The van der Waals surface area contributed by atoms with Gasteiger partial charge >= 0.3 is 0 Å². The Kier molecular flexibility index (Phi) is 5.13. The van der Waals surface area contributed by atoms with Gasteiger partial charge in [0.1, 0.15) is 17.1 Å². The Balaban J connectivity index is 1.32. The predicted octanol–water partition coefficient (Wildman–Crippen LogP) is 5.64. The Morgan fingerprint density at radius 2 is 1.63 bits per heavy atom. The lowest BCUT2D eigenvalue weighted by molar-refractivity contribution is 0.312. The molecule has 30 heavy (non-hydrogen) atoms. The van der Waals surface area contributed by atoms with E-state index in [1.54, 1.807) is 6.20 Å². The van der Waals surface area contributed by atoms with Crippen molar-refractivity contribution in [3.8, 4) is 5.75 Å². The SMILES string of the molecule is c1ccc(Cn2c(CCCOc3cccc4cccnc34)nc3ccccc32)cc1. The summed E-state index contributed by atoms with van der Waals surface area (Å²) >= 11 is 0. The highest BCUT2D eigenvalue weighted by atomic mass is 16.5. The Bertz CT molecular complexity index is 1270. The number of ether oxygens (including phenoxy) is 1. The van der Waals surface area contributed by atoms with E-state index in [1.165, 1.54) is 11.1 Å². The lowest BCUT2D eigenvalue weighted by Crippen LogP contribution is -2.07. The third-order valence-electron chi connectivity index (χ3n) is 5.32. The first-order chi connectivity index (χ1) is 14.9. The summed E-state index contributed by atoms with van der Waals surface area (Å²) in [6.07, 6.45) is 3.56. The number of benzene rings is 3. The summed E-state index contributed by atoms with van der Waals surface area (Å²) in [6.45, 7) is 1.45. The normalized spacial score (nSPS) is 11.2. The van der Waals surface area contributed by atoms with Crippen LogP contribution in [0.25, 0.3) is 21.9 Å². The summed E-state index contributed by atoms with van der Waals surface area (Å²) in [5.74, 6) is 1.94. The molecule has 0 N–H and O–H groups in total. The molecule has 2 aromatic heterocycles. The summed E-state index contributed by atoms with van der Waals surface area (Å²) in [6, 6.07) is 28.9. The number of rotatable bonds is 7. The fourth-order valence-corrected chi connectivity index (χ4v) is 3.86. The van der Waals surface area contributed by atoms with Gasteiger partial charge < -0.3 is 9.30 Å². The second-order valence-electron chi connectivity index (χ2n) is 7.37. The molecule has 4 nitrogen and oxygen atoms in total. The fourth-order valence-electron chi connectivity index (χ4n) is 3.86. The molecule has 0 fully saturated rings. The number of hydrogen-bond acceptors (Lipinski definition) is 3. The third kappa shape index (κ3) is 3.77. The van der Waals surface area contributed by atoms with Gasteiger partial charge in [-0.05, 0) is 36.2 Å². The van der Waals surface area contributed by atoms with Crippen LogP contribution in [-0.4, -0.2) is 21.1 Å². The predicted molar refractivity (Wildman–Crippen MR) is 121 cm³/mol. The van der Waals surface area contributed by atoms with Crippen molar-refractivity contribution >= 4 is 21.9 Å². The topological polar surface area (TPSA) is 39.9 Å². The number of hydrogen-bond donors (Lipinski definition) is 0. The summed E-state index contributed by atoms with van der Waals surface area (Å²) in [5.41, 5.74) is 4.41. The maximum Gasteiger partial charge on any atom is 0.145 e. The van der Waals surface area contributed by atoms with Crippen LogP contribution in [0.2, 0.25) is 0 Å². The summed E-state index contributed by atoms with van der Waals surface area (Å²) < 4.78 is 8.40. The molecule has 0 radical (unpaired) electrons. The van der Waals surface area contributed by atoms with E-state index in [4.69, 9.17) is 9.72 Å². The minimum absolute atomic E-state index is 0.629. The van der Waals surface area contributed by atoms with Gasteiger partial charge in [-0.25, -0.2) is 4.98 Å². The molecule has 5 rings (SSSR count). The molecule has 5 aromatic rings. The summed E-state index contributed by atoms with van der Waals surface area (Å²) in [4.78, 5) is 9.36. The van der Waals surface area contributed by atoms with Crippen LogP contribution in [0.4, 0.5) is 0 Å². The molecule has 0 amide bonds. The molecule has 0 aliphatic rings. The Labute approximate surface area is 175 Å². The minimum Gasteiger partial charge on any atom is -0.491 e. The maximum absolute atomic E-state index is 6.07. The largest absolute Gasteiger partial charge is 0.491 e. The highest BCUT2D eigenvalue weighted by Crippen LogP contribution is 2.23. The van der Waals surface area contributed by atoms with Gasteiger partial charge in [-0.15, -0.1) is 0 Å². The Hall–Kier alpha value is -3.66. The zero-order valence-electron chi connectivity index (χ0n) is 16.7. The average Bonchev–Trinajstić information content (AvgIpc) is 3.15. The Morgan fingerprint density at radius 1 is 0.800 bits per heavy atom. The highest BCUT2D eigenvalue weighted by molar-refractivity contribution is 5.84. The van der Waals surface area contributed by atoms with Crippen LogP contribution in [0.5, 0.6) is 5.75 Å². The fraction of sp³-hybridized carbons (Fsp3) is 0.154. The van der Waals surface area contributed by atoms with Crippen molar-refractivity contribution in [3.05, 3.63) is 103 Å². The molecule has 4 heteroatoms. The molecular formula is C26H23N3O. The molecule has 0 saturated heterocycles. The number of nitrogens with zero attached hydrogens (tertiary/aromatic N) is 3. The van der Waals surface area contributed by atoms with Crippen LogP contribution in [0.3, 0.4) is 0 Å². The van der Waals surface area contributed by atoms with E-state index in [2.05, 4.69) is 70.2 Å². The van der Waals surface area contributed by atoms with Crippen molar-refractivity contribution in [1.82, 2.24) is 14.5 Å². The minimum atomic E-state index is 0.629. The average molecular weight is 393 g/mol. The first kappa shape index (κ1) is 18.4. The lowest BCUT2D eigenvalue weighted by atomic mass is 10.2. The van der Waals surface area contributed by atoms with Crippen LogP contribution in [0, 0.1) is 0 Å². The van der Waals surface area contributed by atoms with E-state index in [1.807, 2.05) is 24.3 Å². The first-order valence-electron chi connectivity index (χ1n) is 10.3. The molecule has 2 heterocycles. The number of aromatic nitrogens is 3. The van der Waals surface area contributed by atoms with Gasteiger partial charge in [0, 0.05) is 24.5 Å². The quantitative estimate of drug-likeness (QED) is 0.336. The molecule has 0 aliphatic heterocycles. The molecule has 0 saturated carbocycles. The zero-order chi connectivity index (χ0) is 20.2. The van der Waals surface area contributed by atoms with Crippen LogP contribution >= 0.6 is 0 Å². The number of fused-ring (bicyclic) bond motifs is 2. The van der Waals surface area contributed by atoms with E-state index in [0.29, 0.717) is 6.61 Å². The second kappa shape index (κ2) is 8.37. The summed E-state index contributed by atoms with van der Waals surface area (Å²) in [7, 11) is 0. The molecule has 3 aromatic carbocycles. The highest BCUT2D eigenvalue weighted by Gasteiger charge is 2.11. The number of aryl methyl sites for hydroxylation is 1. The van der Waals surface area contributed by atoms with Crippen LogP contribution in [-0.2, 0) is 13.0 Å². The van der Waals surface area contributed by atoms with Gasteiger partial charge in [0.15, 0.2) is 0 Å². The van der Waals surface area contributed by atoms with Crippen molar-refractivity contribution in [2.45, 2.75) is 19.4 Å². The zero-order valence-corrected chi connectivity index (χ0v) is 16.7. The monoisotopic (exact) mass is 393 g/mol. The number of para-hydroxylation sites is 3. The van der Waals surface area contributed by atoms with E-state index in [0.717, 1.165) is 47.4 Å². The molecule has 148 valence electrons. The van der Waals surface area contributed by atoms with Crippen molar-refractivity contribution in [1.29, 1.82) is 0 Å². The van der Waals surface area contributed by atoms with E-state index >= 15 is 0 Å². The van der Waals surface area contributed by atoms with Gasteiger partial charge in [0.05, 0.1) is 17.6 Å². The van der Waals surface area contributed by atoms with Crippen LogP contribution in [0.15, 0.2) is 91.1 Å². The van der Waals surface area contributed by atoms with Gasteiger partial charge in [0.25, 0.3) is 0 Å². The van der Waals surface area contributed by atoms with Gasteiger partial charge in [-0.3, -0.25) is 4.98 Å². The number of imidazole rings is 1. The first-order valence-corrected chi connectivity index (χ1v) is 10.3. The van der Waals surface area contributed by atoms with Crippen molar-refractivity contribution in [3.63, 3.8) is 0 Å². The van der Waals surface area contributed by atoms with Gasteiger partial charge in [-0.2, -0.15) is 0 Å². The molecule has 0 aliphatic carbocycles. The lowest BCUT2D eigenvalue weighted by Gasteiger charge is -2.11. The van der Waals surface area contributed by atoms with Gasteiger partial charge in [-0.1, -0.05) is 60.7 Å². The Morgan fingerprint density at radius 3 is 2.57 bits per heavy atom. The van der Waals surface area contributed by atoms with E-state index < -0.39 is 0 Å². The molecular weight excluding hydrogens is 370 g/mol. The molecule has 0 unspecified atom stereocenters. The third-order valence-corrected chi connectivity index (χ3v) is 5.32. The standard InChI is InChI=1S/C26H23N3O/c1-2-9-20(10-3-1)19-29-23-14-5-4-13-22(23)28-25(29)16-8-18-30-24-15-6-11-21-12-7-17-27-26(21)24/h1-7,9-15,17H,8,16,18-19H2.